The van der Waals surface area contributed by atoms with Crippen LogP contribution in [0.2, 0.25) is 0 Å². The summed E-state index contributed by atoms with van der Waals surface area (Å²) in [6, 6.07) is 43.9. The molecule has 5 heterocycles. The van der Waals surface area contributed by atoms with Crippen LogP contribution < -0.4 is 0 Å². The molecule has 2 aliphatic rings. The van der Waals surface area contributed by atoms with Crippen LogP contribution in [0.4, 0.5) is 0 Å². The highest BCUT2D eigenvalue weighted by Crippen LogP contribution is 2.39. The van der Waals surface area contributed by atoms with Gasteiger partial charge in [-0.15, -0.1) is 0 Å². The summed E-state index contributed by atoms with van der Waals surface area (Å²) < 4.78 is 0. The lowest BCUT2D eigenvalue weighted by Crippen LogP contribution is -1.90. The number of benzene rings is 4. The van der Waals surface area contributed by atoms with Crippen molar-refractivity contribution in [2.45, 2.75) is 0 Å². The Bertz CT molecular complexity index is 2560. The molecule has 2 N–H and O–H groups in total. The summed E-state index contributed by atoms with van der Waals surface area (Å²) in [6.07, 6.45) is 9.76. The van der Waals surface area contributed by atoms with Gasteiger partial charge in [0.25, 0.3) is 0 Å². The van der Waals surface area contributed by atoms with Crippen LogP contribution >= 0.6 is 0 Å². The lowest BCUT2D eigenvalue weighted by atomic mass is 10.0. The Morgan fingerprint density at radius 2 is 0.673 bits per heavy atom. The zero-order chi connectivity index (χ0) is 35.0. The van der Waals surface area contributed by atoms with Gasteiger partial charge in [-0.1, -0.05) is 121 Å². The van der Waals surface area contributed by atoms with Crippen molar-refractivity contribution in [2.24, 2.45) is 0 Å². The van der Waals surface area contributed by atoms with Gasteiger partial charge in [-0.2, -0.15) is 0 Å². The van der Waals surface area contributed by atoms with Crippen LogP contribution in [-0.2, 0) is 0 Å². The van der Waals surface area contributed by atoms with Gasteiger partial charge < -0.3 is 9.97 Å². The maximum atomic E-state index is 12.9. The van der Waals surface area contributed by atoms with E-state index in [-0.39, 0.29) is 0 Å². The number of H-pyrrole nitrogens is 2. The standard InChI is InChI=1S/C46H30N4O2/c51-27-33-25-39-41(29-13-5-1-6-14-29)35-21-22-36(47-35)42(30-15-7-2-8-16-30)40-26-34(28-52)46(50-40)44(32-19-11-4-12-20-32)38-24-23-37(48-38)43(45(33)49-39)31-17-9-3-10-18-31/h1-28,49-50H. The Hall–Kier alpha value is -7.18. The molecule has 0 atom stereocenters. The number of rotatable bonds is 6. The lowest BCUT2D eigenvalue weighted by Gasteiger charge is -2.07. The Morgan fingerprint density at radius 1 is 0.385 bits per heavy atom. The van der Waals surface area contributed by atoms with Crippen LogP contribution in [-0.4, -0.2) is 32.5 Å². The summed E-state index contributed by atoms with van der Waals surface area (Å²) in [6.45, 7) is 0. The molecule has 0 amide bonds. The molecular weight excluding hydrogens is 641 g/mol. The second-order valence-electron chi connectivity index (χ2n) is 12.7. The molecule has 0 radical (unpaired) electrons. The average Bonchev–Trinajstić information content (AvgIpc) is 4.03. The molecule has 0 aliphatic carbocycles. The van der Waals surface area contributed by atoms with Gasteiger partial charge in [-0.25, -0.2) is 9.97 Å². The molecule has 0 spiro atoms. The van der Waals surface area contributed by atoms with E-state index in [1.54, 1.807) is 0 Å². The third-order valence-corrected chi connectivity index (χ3v) is 9.54. The number of nitrogens with one attached hydrogen (secondary N) is 2. The quantitative estimate of drug-likeness (QED) is 0.172. The summed E-state index contributed by atoms with van der Waals surface area (Å²) in [5.41, 5.74) is 13.6. The van der Waals surface area contributed by atoms with Crippen molar-refractivity contribution < 1.29 is 9.59 Å². The van der Waals surface area contributed by atoms with Crippen molar-refractivity contribution in [1.29, 1.82) is 0 Å². The molecule has 0 fully saturated rings. The van der Waals surface area contributed by atoms with Crippen molar-refractivity contribution in [2.75, 3.05) is 0 Å². The SMILES string of the molecule is O=Cc1cc2[nH]c1c(-c1ccccc1)c1nc(c(-c3ccccc3)c3[nH]c(cc3C=O)c(-c3ccccc3)c3nc(c2-c2ccccc2)C=C3)C=C1. The molecule has 0 saturated carbocycles. The van der Waals surface area contributed by atoms with Gasteiger partial charge in [0.15, 0.2) is 12.6 Å². The van der Waals surface area contributed by atoms with Crippen LogP contribution in [0.25, 0.3) is 90.9 Å². The predicted molar refractivity (Wildman–Crippen MR) is 211 cm³/mol. The number of fused-ring (bicyclic) bond motifs is 8. The first-order valence-corrected chi connectivity index (χ1v) is 17.1. The molecule has 7 aromatic rings. The molecule has 4 aromatic carbocycles. The Balaban J connectivity index is 1.55. The Labute approximate surface area is 299 Å². The number of hydrogen-bond acceptors (Lipinski definition) is 4. The van der Waals surface area contributed by atoms with Crippen molar-refractivity contribution >= 4 is 58.9 Å². The average molecular weight is 671 g/mol. The number of aldehydes is 2. The summed E-state index contributed by atoms with van der Waals surface area (Å²) in [5, 5.41) is 0. The fraction of sp³-hybridized carbons (Fsp3) is 0. The van der Waals surface area contributed by atoms with Gasteiger partial charge in [0.2, 0.25) is 0 Å². The summed E-state index contributed by atoms with van der Waals surface area (Å²) in [5.74, 6) is 0. The first-order chi connectivity index (χ1) is 25.7. The highest BCUT2D eigenvalue weighted by atomic mass is 16.1. The summed E-state index contributed by atoms with van der Waals surface area (Å²) >= 11 is 0. The first kappa shape index (κ1) is 30.8. The normalized spacial score (nSPS) is 11.8. The first-order valence-electron chi connectivity index (χ1n) is 17.1. The third-order valence-electron chi connectivity index (χ3n) is 9.54. The van der Waals surface area contributed by atoms with Gasteiger partial charge >= 0.3 is 0 Å². The lowest BCUT2D eigenvalue weighted by molar-refractivity contribution is 0.111. The molecule has 3 aromatic heterocycles. The highest BCUT2D eigenvalue weighted by molar-refractivity contribution is 6.06. The van der Waals surface area contributed by atoms with E-state index in [4.69, 9.17) is 9.97 Å². The maximum Gasteiger partial charge on any atom is 0.152 e. The van der Waals surface area contributed by atoms with E-state index in [2.05, 4.69) is 9.97 Å². The van der Waals surface area contributed by atoms with Crippen LogP contribution in [0.3, 0.4) is 0 Å². The molecule has 52 heavy (non-hydrogen) atoms. The van der Waals surface area contributed by atoms with Crippen molar-refractivity contribution in [1.82, 2.24) is 19.9 Å². The largest absolute Gasteiger partial charge is 0.354 e. The number of carbonyl (C=O) groups excluding carboxylic acids is 2. The molecule has 6 heteroatoms. The van der Waals surface area contributed by atoms with Gasteiger partial charge in [0, 0.05) is 44.4 Å². The highest BCUT2D eigenvalue weighted by Gasteiger charge is 2.21. The Morgan fingerprint density at radius 3 is 0.981 bits per heavy atom. The smallest absolute Gasteiger partial charge is 0.152 e. The minimum absolute atomic E-state index is 0.503. The molecule has 8 bridgehead atoms. The zero-order valence-corrected chi connectivity index (χ0v) is 27.9. The van der Waals surface area contributed by atoms with Crippen LogP contribution in [0, 0.1) is 0 Å². The molecule has 2 aliphatic heterocycles. The van der Waals surface area contributed by atoms with E-state index in [9.17, 15) is 9.59 Å². The number of carbonyl (C=O) groups is 2. The van der Waals surface area contributed by atoms with Crippen molar-refractivity contribution in [3.63, 3.8) is 0 Å². The van der Waals surface area contributed by atoms with Crippen LogP contribution in [0.5, 0.6) is 0 Å². The van der Waals surface area contributed by atoms with Crippen molar-refractivity contribution in [3.8, 4) is 44.5 Å². The molecule has 0 saturated heterocycles. The number of aromatic amines is 2. The second kappa shape index (κ2) is 12.9. The Kier molecular flexibility index (Phi) is 7.67. The number of hydrogen-bond donors (Lipinski definition) is 2. The monoisotopic (exact) mass is 670 g/mol. The zero-order valence-electron chi connectivity index (χ0n) is 27.9. The summed E-state index contributed by atoms with van der Waals surface area (Å²) in [4.78, 5) is 43.7. The van der Waals surface area contributed by atoms with E-state index in [0.717, 1.165) is 79.5 Å². The molecular formula is C46H30N4O2. The molecule has 9 rings (SSSR count). The van der Waals surface area contributed by atoms with E-state index in [1.807, 2.05) is 158 Å². The summed E-state index contributed by atoms with van der Waals surface area (Å²) in [7, 11) is 0. The predicted octanol–water partition coefficient (Wildman–Crippen LogP) is 10.9. The van der Waals surface area contributed by atoms with E-state index >= 15 is 0 Å². The van der Waals surface area contributed by atoms with Gasteiger partial charge in [0.1, 0.15) is 0 Å². The molecule has 246 valence electrons. The number of aromatic nitrogens is 4. The topological polar surface area (TPSA) is 91.5 Å². The maximum absolute atomic E-state index is 12.9. The van der Waals surface area contributed by atoms with E-state index in [1.165, 1.54) is 0 Å². The third kappa shape index (κ3) is 5.30. The van der Waals surface area contributed by atoms with Gasteiger partial charge in [-0.3, -0.25) is 9.59 Å². The van der Waals surface area contributed by atoms with Crippen molar-refractivity contribution in [3.05, 3.63) is 167 Å². The van der Waals surface area contributed by atoms with Gasteiger partial charge in [0.05, 0.1) is 33.8 Å². The second-order valence-corrected chi connectivity index (χ2v) is 12.7. The van der Waals surface area contributed by atoms with E-state index in [0.29, 0.717) is 33.5 Å². The fourth-order valence-electron chi connectivity index (χ4n) is 7.23. The number of nitrogens with zero attached hydrogens (tertiary/aromatic N) is 2. The van der Waals surface area contributed by atoms with E-state index < -0.39 is 0 Å². The minimum Gasteiger partial charge on any atom is -0.354 e. The fourth-order valence-corrected chi connectivity index (χ4v) is 7.23. The molecule has 0 unspecified atom stereocenters. The van der Waals surface area contributed by atoms with Gasteiger partial charge in [-0.05, 0) is 58.7 Å². The minimum atomic E-state index is 0.503. The van der Waals surface area contributed by atoms with Crippen LogP contribution in [0.1, 0.15) is 43.5 Å². The molecule has 6 nitrogen and oxygen atoms in total. The van der Waals surface area contributed by atoms with Crippen LogP contribution in [0.15, 0.2) is 133 Å².